The molecule has 0 unspecified atom stereocenters. The molecule has 0 aliphatic carbocycles. The highest BCUT2D eigenvalue weighted by Crippen LogP contribution is 2.10. The van der Waals surface area contributed by atoms with E-state index in [2.05, 4.69) is 10.6 Å². The van der Waals surface area contributed by atoms with Gasteiger partial charge in [0, 0.05) is 11.6 Å². The minimum atomic E-state index is -0.878. The van der Waals surface area contributed by atoms with Crippen LogP contribution in [0, 0.1) is 5.92 Å². The number of carbonyl (C=O) groups excluding carboxylic acids is 3. The van der Waals surface area contributed by atoms with Crippen LogP contribution >= 0.6 is 11.6 Å². The fraction of sp³-hybridized carbons (Fsp3) is 0.438. The van der Waals surface area contributed by atoms with Gasteiger partial charge >= 0.3 is 12.0 Å². The Morgan fingerprint density at radius 2 is 1.88 bits per heavy atom. The van der Waals surface area contributed by atoms with Gasteiger partial charge in [0.1, 0.15) is 6.04 Å². The van der Waals surface area contributed by atoms with E-state index in [-0.39, 0.29) is 5.92 Å². The molecular formula is C16H22ClN3O4. The molecule has 0 aliphatic heterocycles. The summed E-state index contributed by atoms with van der Waals surface area (Å²) in [5, 5.41) is 5.57. The highest BCUT2D eigenvalue weighted by molar-refractivity contribution is 6.30. The van der Waals surface area contributed by atoms with E-state index in [0.717, 1.165) is 5.56 Å². The van der Waals surface area contributed by atoms with Crippen LogP contribution in [0.5, 0.6) is 0 Å². The predicted octanol–water partition coefficient (Wildman–Crippen LogP) is 1.58. The molecule has 0 fully saturated rings. The van der Waals surface area contributed by atoms with Crippen molar-refractivity contribution >= 4 is 29.5 Å². The van der Waals surface area contributed by atoms with Gasteiger partial charge < -0.3 is 21.1 Å². The Labute approximate surface area is 145 Å². The summed E-state index contributed by atoms with van der Waals surface area (Å²) in [6, 6.07) is 5.31. The molecule has 0 bridgehead atoms. The van der Waals surface area contributed by atoms with Crippen molar-refractivity contribution in [2.75, 3.05) is 6.61 Å². The maximum atomic E-state index is 12.0. The summed E-state index contributed by atoms with van der Waals surface area (Å²) in [4.78, 5) is 34.7. The molecule has 0 aliphatic rings. The Morgan fingerprint density at radius 1 is 1.25 bits per heavy atom. The van der Waals surface area contributed by atoms with Crippen LogP contribution in [-0.2, 0) is 20.9 Å². The summed E-state index contributed by atoms with van der Waals surface area (Å²) in [7, 11) is 0. The molecule has 1 rings (SSSR count). The molecule has 24 heavy (non-hydrogen) atoms. The van der Waals surface area contributed by atoms with Gasteiger partial charge in [-0.05, 0) is 23.6 Å². The molecule has 0 saturated heterocycles. The smallest absolute Gasteiger partial charge is 0.329 e. The molecule has 2 atom stereocenters. The number of esters is 1. The number of halogens is 1. The molecule has 0 spiro atoms. The largest absolute Gasteiger partial charge is 0.454 e. The van der Waals surface area contributed by atoms with Crippen LogP contribution in [0.3, 0.4) is 0 Å². The lowest BCUT2D eigenvalue weighted by atomic mass is 9.99. The number of urea groups is 1. The van der Waals surface area contributed by atoms with Crippen molar-refractivity contribution in [1.82, 2.24) is 10.6 Å². The number of ether oxygens (including phenoxy) is 1. The van der Waals surface area contributed by atoms with Crippen molar-refractivity contribution in [3.63, 3.8) is 0 Å². The lowest BCUT2D eigenvalue weighted by Gasteiger charge is -2.21. The van der Waals surface area contributed by atoms with Crippen molar-refractivity contribution in [3.8, 4) is 0 Å². The molecular weight excluding hydrogens is 334 g/mol. The van der Waals surface area contributed by atoms with E-state index in [4.69, 9.17) is 22.1 Å². The molecule has 4 N–H and O–H groups in total. The van der Waals surface area contributed by atoms with E-state index in [1.807, 2.05) is 6.92 Å². The zero-order valence-corrected chi connectivity index (χ0v) is 14.4. The average Bonchev–Trinajstić information content (AvgIpc) is 2.56. The zero-order chi connectivity index (χ0) is 18.1. The van der Waals surface area contributed by atoms with Gasteiger partial charge in [-0.25, -0.2) is 9.59 Å². The molecule has 0 aromatic heterocycles. The van der Waals surface area contributed by atoms with Gasteiger partial charge in [-0.1, -0.05) is 44.0 Å². The van der Waals surface area contributed by atoms with Crippen LogP contribution in [0.1, 0.15) is 25.8 Å². The number of primary amides is 1. The maximum absolute atomic E-state index is 12.0. The highest BCUT2D eigenvalue weighted by Gasteiger charge is 2.27. The van der Waals surface area contributed by atoms with Gasteiger partial charge in [-0.15, -0.1) is 0 Å². The molecule has 8 heteroatoms. The minimum absolute atomic E-state index is 0.165. The Kier molecular flexibility index (Phi) is 8.05. The molecule has 0 heterocycles. The zero-order valence-electron chi connectivity index (χ0n) is 13.7. The number of benzene rings is 1. The second kappa shape index (κ2) is 9.77. The molecule has 1 aromatic carbocycles. The lowest BCUT2D eigenvalue weighted by molar-refractivity contribution is -0.151. The van der Waals surface area contributed by atoms with E-state index in [1.54, 1.807) is 31.2 Å². The molecule has 7 nitrogen and oxygen atoms in total. The third kappa shape index (κ3) is 6.87. The number of carbonyl (C=O) groups is 3. The number of hydrogen-bond acceptors (Lipinski definition) is 4. The quantitative estimate of drug-likeness (QED) is 0.615. The van der Waals surface area contributed by atoms with Crippen LogP contribution < -0.4 is 16.4 Å². The van der Waals surface area contributed by atoms with E-state index >= 15 is 0 Å². The van der Waals surface area contributed by atoms with Crippen LogP contribution in [-0.4, -0.2) is 30.6 Å². The van der Waals surface area contributed by atoms with E-state index < -0.39 is 30.6 Å². The fourth-order valence-corrected chi connectivity index (χ4v) is 2.03. The normalized spacial score (nSPS) is 12.8. The molecule has 132 valence electrons. The molecule has 3 amide bonds. The van der Waals surface area contributed by atoms with Crippen molar-refractivity contribution in [2.24, 2.45) is 11.7 Å². The van der Waals surface area contributed by atoms with Gasteiger partial charge in [0.15, 0.2) is 6.61 Å². The molecule has 1 aromatic rings. The van der Waals surface area contributed by atoms with Crippen molar-refractivity contribution < 1.29 is 19.1 Å². The number of nitrogens with two attached hydrogens (primary N) is 1. The van der Waals surface area contributed by atoms with Gasteiger partial charge in [0.25, 0.3) is 5.91 Å². The Hall–Kier alpha value is -2.28. The Bertz CT molecular complexity index is 577. The topological polar surface area (TPSA) is 111 Å². The van der Waals surface area contributed by atoms with Gasteiger partial charge in [-0.2, -0.15) is 0 Å². The standard InChI is InChI=1S/C16H22ClN3O4/c1-3-10(2)14(20-16(18)23)15(22)24-9-13(21)19-8-11-4-6-12(17)7-5-11/h4-7,10,14H,3,8-9H2,1-2H3,(H,19,21)(H3,18,20,23)/t10-,14-/m1/s1. The Morgan fingerprint density at radius 3 is 2.42 bits per heavy atom. The highest BCUT2D eigenvalue weighted by atomic mass is 35.5. The van der Waals surface area contributed by atoms with Gasteiger partial charge in [0.05, 0.1) is 0 Å². The maximum Gasteiger partial charge on any atom is 0.329 e. The van der Waals surface area contributed by atoms with Crippen LogP contribution in [0.4, 0.5) is 4.79 Å². The third-order valence-corrected chi connectivity index (χ3v) is 3.77. The lowest BCUT2D eigenvalue weighted by Crippen LogP contribution is -2.48. The van der Waals surface area contributed by atoms with E-state index in [9.17, 15) is 14.4 Å². The number of hydrogen-bond donors (Lipinski definition) is 3. The first-order chi connectivity index (χ1) is 11.3. The average molecular weight is 356 g/mol. The monoisotopic (exact) mass is 355 g/mol. The van der Waals surface area contributed by atoms with Crippen LogP contribution in [0.25, 0.3) is 0 Å². The van der Waals surface area contributed by atoms with Crippen molar-refractivity contribution in [1.29, 1.82) is 0 Å². The minimum Gasteiger partial charge on any atom is -0.454 e. The first-order valence-corrected chi connectivity index (χ1v) is 7.95. The Balaban J connectivity index is 2.44. The number of rotatable bonds is 8. The van der Waals surface area contributed by atoms with Gasteiger partial charge in [-0.3, -0.25) is 4.79 Å². The summed E-state index contributed by atoms with van der Waals surface area (Å²) in [6.45, 7) is 3.51. The van der Waals surface area contributed by atoms with Crippen molar-refractivity contribution in [2.45, 2.75) is 32.9 Å². The van der Waals surface area contributed by atoms with E-state index in [1.165, 1.54) is 0 Å². The SMILES string of the molecule is CC[C@@H](C)[C@@H](NC(N)=O)C(=O)OCC(=O)NCc1ccc(Cl)cc1. The number of amides is 3. The second-order valence-corrected chi connectivity index (χ2v) is 5.82. The predicted molar refractivity (Wildman–Crippen MR) is 90.2 cm³/mol. The first kappa shape index (κ1) is 19.8. The van der Waals surface area contributed by atoms with Crippen LogP contribution in [0.2, 0.25) is 5.02 Å². The summed E-state index contributed by atoms with van der Waals surface area (Å²) >= 11 is 5.78. The van der Waals surface area contributed by atoms with Crippen molar-refractivity contribution in [3.05, 3.63) is 34.9 Å². The third-order valence-electron chi connectivity index (χ3n) is 3.51. The molecule has 0 saturated carbocycles. The van der Waals surface area contributed by atoms with E-state index in [0.29, 0.717) is 18.0 Å². The van der Waals surface area contributed by atoms with Crippen LogP contribution in [0.15, 0.2) is 24.3 Å². The fourth-order valence-electron chi connectivity index (χ4n) is 1.90. The summed E-state index contributed by atoms with van der Waals surface area (Å²) in [6.07, 6.45) is 0.642. The van der Waals surface area contributed by atoms with Gasteiger partial charge in [0.2, 0.25) is 0 Å². The summed E-state index contributed by atoms with van der Waals surface area (Å²) < 4.78 is 4.95. The summed E-state index contributed by atoms with van der Waals surface area (Å²) in [5.41, 5.74) is 5.92. The first-order valence-electron chi connectivity index (χ1n) is 7.57. The number of nitrogens with one attached hydrogen (secondary N) is 2. The molecule has 0 radical (unpaired) electrons. The summed E-state index contributed by atoms with van der Waals surface area (Å²) in [5.74, 6) is -1.30. The second-order valence-electron chi connectivity index (χ2n) is 5.38.